The second-order valence-corrected chi connectivity index (χ2v) is 14.1. The molecule has 2 rings (SSSR count). The van der Waals surface area contributed by atoms with Crippen LogP contribution in [0.3, 0.4) is 0 Å². The molecule has 118 valence electrons. The molecular weight excluding hydrogens is 424 g/mol. The van der Waals surface area contributed by atoms with Crippen molar-refractivity contribution in [1.29, 1.82) is 0 Å². The third-order valence-corrected chi connectivity index (χ3v) is 8.64. The number of hydrogen-bond donors (Lipinski definition) is 0. The Morgan fingerprint density at radius 3 is 2.55 bits per heavy atom. The molecule has 2 nitrogen and oxygen atoms in total. The summed E-state index contributed by atoms with van der Waals surface area (Å²) in [4.78, 5) is 11.5. The normalized spacial score (nSPS) is 18.9. The van der Waals surface area contributed by atoms with Gasteiger partial charge in [0.15, 0.2) is 0 Å². The lowest BCUT2D eigenvalue weighted by Gasteiger charge is -2.35. The number of benzene rings is 1. The van der Waals surface area contributed by atoms with E-state index in [2.05, 4.69) is 75.3 Å². The summed E-state index contributed by atoms with van der Waals surface area (Å²) < 4.78 is 6.45. The molecule has 0 saturated carbocycles. The highest BCUT2D eigenvalue weighted by molar-refractivity contribution is 9.28. The van der Waals surface area contributed by atoms with Gasteiger partial charge in [-0.1, -0.05) is 55.1 Å². The maximum absolute atomic E-state index is 11.5. The first kappa shape index (κ1) is 17.7. The van der Waals surface area contributed by atoms with Gasteiger partial charge in [-0.3, -0.25) is 0 Å². The molecule has 22 heavy (non-hydrogen) atoms. The molecule has 1 aliphatic rings. The average molecular weight is 444 g/mol. The van der Waals surface area contributed by atoms with Gasteiger partial charge in [-0.25, -0.2) is 4.79 Å². The van der Waals surface area contributed by atoms with Crippen LogP contribution >= 0.6 is 31.9 Å². The number of cyclic esters (lactones) is 1. The molecule has 0 aromatic heterocycles. The summed E-state index contributed by atoms with van der Waals surface area (Å²) in [5, 5.41) is 0. The van der Waals surface area contributed by atoms with Crippen LogP contribution in [-0.4, -0.2) is 20.1 Å². The Morgan fingerprint density at radius 1 is 1.32 bits per heavy atom. The molecule has 0 amide bonds. The van der Waals surface area contributed by atoms with Gasteiger partial charge in [0, 0.05) is 6.08 Å². The zero-order valence-corrected chi connectivity index (χ0v) is 16.9. The summed E-state index contributed by atoms with van der Waals surface area (Å²) in [6.45, 7) is 4.75. The van der Waals surface area contributed by atoms with E-state index < -0.39 is 8.07 Å². The first-order chi connectivity index (χ1) is 10.4. The van der Waals surface area contributed by atoms with Crippen LogP contribution in [0, 0.1) is 0 Å². The number of carbonyl (C=O) groups is 1. The van der Waals surface area contributed by atoms with Gasteiger partial charge in [0.05, 0.1) is 11.5 Å². The fourth-order valence-corrected chi connectivity index (χ4v) is 6.72. The second-order valence-electron chi connectivity index (χ2n) is 6.25. The lowest BCUT2D eigenvalue weighted by molar-refractivity contribution is -0.138. The summed E-state index contributed by atoms with van der Waals surface area (Å²) in [5.41, 5.74) is 1.71. The molecule has 1 aromatic rings. The van der Waals surface area contributed by atoms with Crippen LogP contribution in [0.1, 0.15) is 12.0 Å². The van der Waals surface area contributed by atoms with Crippen molar-refractivity contribution < 1.29 is 9.53 Å². The fraction of sp³-hybridized carbons (Fsp3) is 0.353. The first-order valence-electron chi connectivity index (χ1n) is 7.32. The molecule has 0 fully saturated rings. The van der Waals surface area contributed by atoms with E-state index in [-0.39, 0.29) is 12.1 Å². The Labute approximate surface area is 149 Å². The van der Waals surface area contributed by atoms with Crippen molar-refractivity contribution in [3.05, 3.63) is 57.5 Å². The summed E-state index contributed by atoms with van der Waals surface area (Å²) in [6, 6.07) is 11.6. The van der Waals surface area contributed by atoms with Crippen molar-refractivity contribution in [2.45, 2.75) is 37.2 Å². The summed E-state index contributed by atoms with van der Waals surface area (Å²) >= 11 is 6.85. The molecule has 2 atom stereocenters. The van der Waals surface area contributed by atoms with E-state index in [1.54, 1.807) is 6.08 Å². The van der Waals surface area contributed by atoms with Crippen molar-refractivity contribution in [3.8, 4) is 0 Å². The van der Waals surface area contributed by atoms with Crippen molar-refractivity contribution >= 4 is 45.9 Å². The highest BCUT2D eigenvalue weighted by Gasteiger charge is 2.39. The van der Waals surface area contributed by atoms with Crippen LogP contribution in [0.2, 0.25) is 18.6 Å². The summed E-state index contributed by atoms with van der Waals surface area (Å²) in [5.74, 6) is -0.221. The number of carbonyl (C=O) groups excluding carboxylic acids is 1. The van der Waals surface area contributed by atoms with E-state index in [0.29, 0.717) is 5.54 Å². The molecule has 1 heterocycles. The standard InChI is InChI=1S/C17H20Br2O2Si/c1-22(2,12-13-6-4-3-5-7-13)15(9-10-16(18)19)14-8-11-17(20)21-14/h3-8,10-11,14-15H,9,12H2,1-2H3/t14-,15+/m1/s1. The monoisotopic (exact) mass is 442 g/mol. The van der Waals surface area contributed by atoms with Gasteiger partial charge in [-0.2, -0.15) is 0 Å². The Kier molecular flexibility index (Phi) is 6.23. The van der Waals surface area contributed by atoms with Crippen LogP contribution in [0.5, 0.6) is 0 Å². The van der Waals surface area contributed by atoms with Gasteiger partial charge >= 0.3 is 5.97 Å². The SMILES string of the molecule is C[Si](C)(Cc1ccccc1)[C@@H](CC=C(Br)Br)[C@H]1C=CC(=O)O1. The van der Waals surface area contributed by atoms with Gasteiger partial charge < -0.3 is 4.74 Å². The fourth-order valence-electron chi connectivity index (χ4n) is 2.97. The smallest absolute Gasteiger partial charge is 0.331 e. The molecular formula is C17H20Br2O2Si. The van der Waals surface area contributed by atoms with Crippen LogP contribution in [0.25, 0.3) is 0 Å². The summed E-state index contributed by atoms with van der Waals surface area (Å²) in [6.07, 6.45) is 6.37. The predicted octanol–water partition coefficient (Wildman–Crippen LogP) is 5.35. The maximum Gasteiger partial charge on any atom is 0.331 e. The maximum atomic E-state index is 11.5. The van der Waals surface area contributed by atoms with Crippen LogP contribution in [-0.2, 0) is 15.6 Å². The molecule has 0 saturated heterocycles. The minimum atomic E-state index is -1.65. The number of ether oxygens (including phenoxy) is 1. The molecule has 0 unspecified atom stereocenters. The zero-order chi connectivity index (χ0) is 16.2. The first-order valence-corrected chi connectivity index (χ1v) is 12.2. The number of rotatable bonds is 6. The minimum absolute atomic E-state index is 0.103. The highest BCUT2D eigenvalue weighted by atomic mass is 79.9. The van der Waals surface area contributed by atoms with Gasteiger partial charge in [0.25, 0.3) is 0 Å². The molecule has 0 aliphatic carbocycles. The quantitative estimate of drug-likeness (QED) is 0.437. The van der Waals surface area contributed by atoms with Crippen molar-refractivity contribution in [3.63, 3.8) is 0 Å². The lowest BCUT2D eigenvalue weighted by Crippen LogP contribution is -2.41. The zero-order valence-electron chi connectivity index (χ0n) is 12.8. The number of allylic oxidation sites excluding steroid dienone is 1. The Morgan fingerprint density at radius 2 is 2.00 bits per heavy atom. The van der Waals surface area contributed by atoms with Gasteiger partial charge in [-0.15, -0.1) is 0 Å². The van der Waals surface area contributed by atoms with Crippen molar-refractivity contribution in [2.75, 3.05) is 0 Å². The summed E-state index contributed by atoms with van der Waals surface area (Å²) in [7, 11) is -1.65. The van der Waals surface area contributed by atoms with Gasteiger partial charge in [-0.05, 0) is 55.9 Å². The van der Waals surface area contributed by atoms with Gasteiger partial charge in [0.1, 0.15) is 6.10 Å². The third kappa shape index (κ3) is 4.93. The van der Waals surface area contributed by atoms with Crippen molar-refractivity contribution in [2.24, 2.45) is 0 Å². The van der Waals surface area contributed by atoms with Crippen LogP contribution < -0.4 is 0 Å². The number of hydrogen-bond acceptors (Lipinski definition) is 2. The van der Waals surface area contributed by atoms with E-state index in [0.717, 1.165) is 15.9 Å². The topological polar surface area (TPSA) is 26.3 Å². The molecule has 1 aromatic carbocycles. The Bertz CT molecular complexity index is 578. The predicted molar refractivity (Wildman–Crippen MR) is 101 cm³/mol. The number of esters is 1. The molecule has 0 bridgehead atoms. The molecule has 0 N–H and O–H groups in total. The number of halogens is 2. The van der Waals surface area contributed by atoms with Gasteiger partial charge in [0.2, 0.25) is 0 Å². The largest absolute Gasteiger partial charge is 0.455 e. The highest BCUT2D eigenvalue weighted by Crippen LogP contribution is 2.37. The lowest BCUT2D eigenvalue weighted by atomic mass is 10.2. The van der Waals surface area contributed by atoms with E-state index in [1.165, 1.54) is 5.56 Å². The van der Waals surface area contributed by atoms with Crippen molar-refractivity contribution in [1.82, 2.24) is 0 Å². The van der Waals surface area contributed by atoms with E-state index in [4.69, 9.17) is 4.74 Å². The minimum Gasteiger partial charge on any atom is -0.455 e. The van der Waals surface area contributed by atoms with Crippen LogP contribution in [0.15, 0.2) is 52.0 Å². The van der Waals surface area contributed by atoms with E-state index in [1.807, 2.05) is 12.1 Å². The molecule has 0 spiro atoms. The Balaban J connectivity index is 2.20. The molecule has 5 heteroatoms. The average Bonchev–Trinajstić information content (AvgIpc) is 2.85. The molecule has 1 aliphatic heterocycles. The Hall–Kier alpha value is -0.653. The van der Waals surface area contributed by atoms with E-state index >= 15 is 0 Å². The molecule has 0 radical (unpaired) electrons. The van der Waals surface area contributed by atoms with Crippen LogP contribution in [0.4, 0.5) is 0 Å². The van der Waals surface area contributed by atoms with E-state index in [9.17, 15) is 4.79 Å². The third-order valence-electron chi connectivity index (χ3n) is 4.10. The second kappa shape index (κ2) is 7.75.